The minimum absolute atomic E-state index is 0.541. The Morgan fingerprint density at radius 3 is 2.71 bits per heavy atom. The lowest BCUT2D eigenvalue weighted by Crippen LogP contribution is -1.96. The molecule has 3 aromatic rings. The lowest BCUT2D eigenvalue weighted by atomic mass is 10.1. The van der Waals surface area contributed by atoms with E-state index in [2.05, 4.69) is 28.1 Å². The fourth-order valence-corrected chi connectivity index (χ4v) is 4.42. The Labute approximate surface area is 115 Å². The molecule has 1 atom stereocenters. The van der Waals surface area contributed by atoms with Crippen LogP contribution in [0.4, 0.5) is 0 Å². The maximum Gasteiger partial charge on any atom is 0.116 e. The number of halogens is 1. The van der Waals surface area contributed by atoms with Crippen molar-refractivity contribution in [1.82, 2.24) is 0 Å². The quantitative estimate of drug-likeness (QED) is 0.717. The summed E-state index contributed by atoms with van der Waals surface area (Å²) >= 11 is 6.72. The molecule has 0 amide bonds. The summed E-state index contributed by atoms with van der Waals surface area (Å²) < 4.78 is 2.19. The Morgan fingerprint density at radius 2 is 1.94 bits per heavy atom. The predicted molar refractivity (Wildman–Crippen MR) is 77.9 cm³/mol. The van der Waals surface area contributed by atoms with E-state index in [4.69, 9.17) is 0 Å². The molecule has 0 bridgehead atoms. The monoisotopic (exact) mass is 324 g/mol. The van der Waals surface area contributed by atoms with Crippen LogP contribution in [-0.4, -0.2) is 5.11 Å². The van der Waals surface area contributed by atoms with Crippen molar-refractivity contribution in [3.05, 3.63) is 56.0 Å². The minimum atomic E-state index is -0.541. The van der Waals surface area contributed by atoms with Crippen LogP contribution in [-0.2, 0) is 0 Å². The third-order valence-electron chi connectivity index (χ3n) is 2.70. The van der Waals surface area contributed by atoms with Gasteiger partial charge in [-0.05, 0) is 44.2 Å². The topological polar surface area (TPSA) is 20.2 Å². The summed E-state index contributed by atoms with van der Waals surface area (Å²) in [6, 6.07) is 10.1. The lowest BCUT2D eigenvalue weighted by molar-refractivity contribution is 0.225. The number of hydrogen-bond acceptors (Lipinski definition) is 3. The molecule has 3 rings (SSSR count). The Bertz CT molecular complexity index is 656. The molecular formula is C13H9BrOS2. The van der Waals surface area contributed by atoms with E-state index in [9.17, 15) is 5.11 Å². The van der Waals surface area contributed by atoms with Crippen molar-refractivity contribution in [3.8, 4) is 0 Å². The maximum absolute atomic E-state index is 10.4. The Hall–Kier alpha value is -0.680. The van der Waals surface area contributed by atoms with E-state index in [0.29, 0.717) is 0 Å². The summed E-state index contributed by atoms with van der Waals surface area (Å²) in [5.41, 5.74) is 0.994. The van der Waals surface area contributed by atoms with Gasteiger partial charge in [0.1, 0.15) is 6.10 Å². The van der Waals surface area contributed by atoms with Crippen LogP contribution in [0.5, 0.6) is 0 Å². The van der Waals surface area contributed by atoms with Crippen LogP contribution >= 0.6 is 38.6 Å². The van der Waals surface area contributed by atoms with Crippen LogP contribution in [0.2, 0.25) is 0 Å². The SMILES string of the molecule is OC(c1sccc1Br)c1csc2ccccc12. The zero-order chi connectivity index (χ0) is 11.8. The average Bonchev–Trinajstić information content (AvgIpc) is 2.94. The first-order valence-electron chi connectivity index (χ1n) is 5.14. The van der Waals surface area contributed by atoms with Gasteiger partial charge in [0.2, 0.25) is 0 Å². The second-order valence-corrected chi connectivity index (χ2v) is 6.44. The molecule has 2 aromatic heterocycles. The predicted octanol–water partition coefficient (Wildman–Crippen LogP) is 4.81. The van der Waals surface area contributed by atoms with Crippen LogP contribution in [0, 0.1) is 0 Å². The van der Waals surface area contributed by atoms with Crippen LogP contribution in [0.25, 0.3) is 10.1 Å². The standard InChI is InChI=1S/C13H9BrOS2/c14-10-5-6-16-13(10)12(15)9-7-17-11-4-2-1-3-8(9)11/h1-7,12,15H. The van der Waals surface area contributed by atoms with Crippen molar-refractivity contribution < 1.29 is 5.11 Å². The highest BCUT2D eigenvalue weighted by Gasteiger charge is 2.18. The van der Waals surface area contributed by atoms with E-state index in [1.165, 1.54) is 4.70 Å². The number of fused-ring (bicyclic) bond motifs is 1. The second kappa shape index (κ2) is 4.53. The van der Waals surface area contributed by atoms with E-state index < -0.39 is 6.10 Å². The molecule has 17 heavy (non-hydrogen) atoms. The van der Waals surface area contributed by atoms with Crippen LogP contribution in [0.3, 0.4) is 0 Å². The van der Waals surface area contributed by atoms with Crippen molar-refractivity contribution in [1.29, 1.82) is 0 Å². The molecule has 0 spiro atoms. The van der Waals surface area contributed by atoms with Gasteiger partial charge >= 0.3 is 0 Å². The minimum Gasteiger partial charge on any atom is -0.383 e. The summed E-state index contributed by atoms with van der Waals surface area (Å²) in [6.07, 6.45) is -0.541. The first kappa shape index (κ1) is 11.4. The molecule has 0 aliphatic heterocycles. The average molecular weight is 325 g/mol. The van der Waals surface area contributed by atoms with E-state index in [1.807, 2.05) is 29.0 Å². The fraction of sp³-hybridized carbons (Fsp3) is 0.0769. The van der Waals surface area contributed by atoms with Gasteiger partial charge in [-0.2, -0.15) is 0 Å². The molecule has 1 nitrogen and oxygen atoms in total. The van der Waals surface area contributed by atoms with E-state index >= 15 is 0 Å². The largest absolute Gasteiger partial charge is 0.383 e. The van der Waals surface area contributed by atoms with Gasteiger partial charge in [0.25, 0.3) is 0 Å². The van der Waals surface area contributed by atoms with Gasteiger partial charge in [-0.3, -0.25) is 0 Å². The molecule has 2 heterocycles. The number of thiophene rings is 2. The summed E-state index contributed by atoms with van der Waals surface area (Å²) in [7, 11) is 0. The number of benzene rings is 1. The van der Waals surface area contributed by atoms with Crippen molar-refractivity contribution >= 4 is 48.7 Å². The summed E-state index contributed by atoms with van der Waals surface area (Å²) in [5.74, 6) is 0. The highest BCUT2D eigenvalue weighted by atomic mass is 79.9. The molecule has 0 radical (unpaired) electrons. The number of hydrogen-bond donors (Lipinski definition) is 1. The van der Waals surface area contributed by atoms with Gasteiger partial charge in [-0.15, -0.1) is 22.7 Å². The molecule has 1 aromatic carbocycles. The third kappa shape index (κ3) is 1.95. The molecule has 0 aliphatic rings. The Morgan fingerprint density at radius 1 is 1.12 bits per heavy atom. The van der Waals surface area contributed by atoms with Gasteiger partial charge in [0.05, 0.1) is 4.88 Å². The van der Waals surface area contributed by atoms with Crippen molar-refractivity contribution in [2.45, 2.75) is 6.10 Å². The van der Waals surface area contributed by atoms with E-state index in [0.717, 1.165) is 20.3 Å². The molecule has 0 saturated heterocycles. The normalized spacial score (nSPS) is 13.1. The molecule has 86 valence electrons. The number of rotatable bonds is 2. The molecule has 1 unspecified atom stereocenters. The molecule has 0 saturated carbocycles. The van der Waals surface area contributed by atoms with Gasteiger partial charge in [-0.1, -0.05) is 18.2 Å². The van der Waals surface area contributed by atoms with Gasteiger partial charge < -0.3 is 5.11 Å². The summed E-state index contributed by atoms with van der Waals surface area (Å²) in [5, 5.41) is 15.6. The maximum atomic E-state index is 10.4. The third-order valence-corrected chi connectivity index (χ3v) is 5.60. The first-order chi connectivity index (χ1) is 8.27. The van der Waals surface area contributed by atoms with Crippen LogP contribution < -0.4 is 0 Å². The van der Waals surface area contributed by atoms with Crippen molar-refractivity contribution in [3.63, 3.8) is 0 Å². The van der Waals surface area contributed by atoms with Gasteiger partial charge in [0, 0.05) is 14.7 Å². The summed E-state index contributed by atoms with van der Waals surface area (Å²) in [4.78, 5) is 0.966. The molecule has 0 aliphatic carbocycles. The lowest BCUT2D eigenvalue weighted by Gasteiger charge is -2.08. The summed E-state index contributed by atoms with van der Waals surface area (Å²) in [6.45, 7) is 0. The zero-order valence-electron chi connectivity index (χ0n) is 8.76. The van der Waals surface area contributed by atoms with Crippen LogP contribution in [0.1, 0.15) is 16.5 Å². The number of aliphatic hydroxyl groups is 1. The highest BCUT2D eigenvalue weighted by molar-refractivity contribution is 9.10. The Kier molecular flexibility index (Phi) is 3.04. The molecule has 4 heteroatoms. The Balaban J connectivity index is 2.13. The fourth-order valence-electron chi connectivity index (χ4n) is 1.85. The van der Waals surface area contributed by atoms with Crippen molar-refractivity contribution in [2.24, 2.45) is 0 Å². The molecule has 0 fully saturated rings. The second-order valence-electron chi connectivity index (χ2n) is 3.72. The van der Waals surface area contributed by atoms with Gasteiger partial charge in [0.15, 0.2) is 0 Å². The van der Waals surface area contributed by atoms with E-state index in [1.54, 1.807) is 22.7 Å². The van der Waals surface area contributed by atoms with E-state index in [-0.39, 0.29) is 0 Å². The first-order valence-corrected chi connectivity index (χ1v) is 7.69. The van der Waals surface area contributed by atoms with Gasteiger partial charge in [-0.25, -0.2) is 0 Å². The number of aliphatic hydroxyl groups excluding tert-OH is 1. The van der Waals surface area contributed by atoms with Crippen molar-refractivity contribution in [2.75, 3.05) is 0 Å². The van der Waals surface area contributed by atoms with Crippen LogP contribution in [0.15, 0.2) is 45.6 Å². The molecule has 1 N–H and O–H groups in total. The zero-order valence-corrected chi connectivity index (χ0v) is 12.0. The highest BCUT2D eigenvalue weighted by Crippen LogP contribution is 2.38. The molecular weight excluding hydrogens is 316 g/mol. The smallest absolute Gasteiger partial charge is 0.116 e.